The van der Waals surface area contributed by atoms with Gasteiger partial charge in [-0.1, -0.05) is 6.92 Å². The van der Waals surface area contributed by atoms with Gasteiger partial charge in [0, 0.05) is 13.1 Å². The van der Waals surface area contributed by atoms with E-state index in [1.54, 1.807) is 0 Å². The van der Waals surface area contributed by atoms with E-state index in [0.717, 1.165) is 6.54 Å². The van der Waals surface area contributed by atoms with Gasteiger partial charge in [-0.15, -0.1) is 0 Å². The summed E-state index contributed by atoms with van der Waals surface area (Å²) in [4.78, 5) is 0. The Kier molecular flexibility index (Phi) is 3.78. The van der Waals surface area contributed by atoms with E-state index < -0.39 is 12.8 Å². The molecule has 0 heterocycles. The van der Waals surface area contributed by atoms with Crippen LogP contribution in [-0.4, -0.2) is 32.5 Å². The molecule has 0 spiro atoms. The topological polar surface area (TPSA) is 21.3 Å². The molecule has 0 aromatic rings. The Labute approximate surface area is 81.8 Å². The summed E-state index contributed by atoms with van der Waals surface area (Å²) in [6, 6.07) is 0. The van der Waals surface area contributed by atoms with Crippen LogP contribution in [0.4, 0.5) is 13.2 Å². The Morgan fingerprint density at radius 2 is 2.00 bits per heavy atom. The van der Waals surface area contributed by atoms with Crippen molar-refractivity contribution in [2.24, 2.45) is 5.41 Å². The molecule has 0 aliphatic heterocycles. The molecule has 14 heavy (non-hydrogen) atoms. The van der Waals surface area contributed by atoms with Crippen LogP contribution in [0, 0.1) is 5.41 Å². The summed E-state index contributed by atoms with van der Waals surface area (Å²) in [6.07, 6.45) is -1.78. The zero-order chi connectivity index (χ0) is 10.7. The monoisotopic (exact) mass is 211 g/mol. The predicted molar refractivity (Wildman–Crippen MR) is 47.1 cm³/mol. The molecule has 0 aromatic carbocycles. The fraction of sp³-hybridized carbons (Fsp3) is 1.00. The molecular formula is C9H16F3NO. The summed E-state index contributed by atoms with van der Waals surface area (Å²) < 4.78 is 39.3. The smallest absolute Gasteiger partial charge is 0.371 e. The Hall–Kier alpha value is -0.290. The number of hydrogen-bond acceptors (Lipinski definition) is 2. The first-order valence-corrected chi connectivity index (χ1v) is 4.77. The molecular weight excluding hydrogens is 195 g/mol. The first-order valence-electron chi connectivity index (χ1n) is 4.77. The second-order valence-electron chi connectivity index (χ2n) is 4.16. The number of hydrogen-bond donors (Lipinski definition) is 1. The van der Waals surface area contributed by atoms with Gasteiger partial charge < -0.3 is 10.1 Å². The van der Waals surface area contributed by atoms with E-state index in [1.807, 2.05) is 0 Å². The van der Waals surface area contributed by atoms with E-state index in [0.29, 0.717) is 12.0 Å². The highest BCUT2D eigenvalue weighted by molar-refractivity contribution is 4.90. The van der Waals surface area contributed by atoms with Gasteiger partial charge >= 0.3 is 6.18 Å². The van der Waals surface area contributed by atoms with Crippen LogP contribution in [0.25, 0.3) is 0 Å². The van der Waals surface area contributed by atoms with E-state index in [2.05, 4.69) is 17.0 Å². The molecule has 84 valence electrons. The number of rotatable bonds is 6. The molecule has 1 aliphatic rings. The molecule has 2 nitrogen and oxygen atoms in total. The zero-order valence-electron chi connectivity index (χ0n) is 8.28. The number of halogens is 3. The van der Waals surface area contributed by atoms with Crippen LogP contribution in [0.2, 0.25) is 0 Å². The molecule has 0 radical (unpaired) electrons. The largest absolute Gasteiger partial charge is 0.411 e. The molecule has 1 aliphatic carbocycles. The average molecular weight is 211 g/mol. The lowest BCUT2D eigenvalue weighted by molar-refractivity contribution is -0.173. The van der Waals surface area contributed by atoms with Crippen LogP contribution in [0.15, 0.2) is 0 Å². The fourth-order valence-electron chi connectivity index (χ4n) is 1.11. The lowest BCUT2D eigenvalue weighted by atomic mass is 10.1. The Morgan fingerprint density at radius 1 is 1.36 bits per heavy atom. The maximum atomic E-state index is 11.6. The maximum Gasteiger partial charge on any atom is 0.411 e. The molecule has 0 saturated heterocycles. The van der Waals surface area contributed by atoms with Gasteiger partial charge in [-0.3, -0.25) is 0 Å². The van der Waals surface area contributed by atoms with Crippen molar-refractivity contribution in [3.63, 3.8) is 0 Å². The summed E-state index contributed by atoms with van der Waals surface area (Å²) in [5.41, 5.74) is 0.393. The van der Waals surface area contributed by atoms with Crippen molar-refractivity contribution in [1.82, 2.24) is 5.32 Å². The summed E-state index contributed by atoms with van der Waals surface area (Å²) in [6.45, 7) is 2.51. The zero-order valence-corrected chi connectivity index (χ0v) is 8.28. The van der Waals surface area contributed by atoms with Crippen molar-refractivity contribution in [3.05, 3.63) is 0 Å². The Morgan fingerprint density at radius 3 is 2.50 bits per heavy atom. The normalized spacial score (nSPS) is 19.7. The number of nitrogens with one attached hydrogen (secondary N) is 1. The van der Waals surface area contributed by atoms with Crippen LogP contribution in [0.1, 0.15) is 19.8 Å². The van der Waals surface area contributed by atoms with E-state index in [1.165, 1.54) is 12.8 Å². The van der Waals surface area contributed by atoms with Gasteiger partial charge in [0.2, 0.25) is 0 Å². The maximum absolute atomic E-state index is 11.6. The molecule has 1 rings (SSSR count). The Bertz CT molecular complexity index is 168. The minimum Gasteiger partial charge on any atom is -0.371 e. The van der Waals surface area contributed by atoms with E-state index in [-0.39, 0.29) is 6.61 Å². The number of ether oxygens (including phenoxy) is 1. The highest BCUT2D eigenvalue weighted by atomic mass is 19.4. The van der Waals surface area contributed by atoms with Crippen LogP contribution in [0.5, 0.6) is 0 Å². The minimum atomic E-state index is -4.21. The van der Waals surface area contributed by atoms with Crippen LogP contribution in [-0.2, 0) is 4.74 Å². The third-order valence-electron chi connectivity index (χ3n) is 2.34. The quantitative estimate of drug-likeness (QED) is 0.678. The van der Waals surface area contributed by atoms with Crippen LogP contribution >= 0.6 is 0 Å². The second-order valence-corrected chi connectivity index (χ2v) is 4.16. The van der Waals surface area contributed by atoms with E-state index in [9.17, 15) is 13.2 Å². The molecule has 1 N–H and O–H groups in total. The lowest BCUT2D eigenvalue weighted by Crippen LogP contribution is -2.27. The second kappa shape index (κ2) is 4.49. The average Bonchev–Trinajstić information content (AvgIpc) is 2.75. The first-order chi connectivity index (χ1) is 6.41. The summed E-state index contributed by atoms with van der Waals surface area (Å²) in [5, 5.41) is 3.08. The molecule has 1 fully saturated rings. The predicted octanol–water partition coefficient (Wildman–Crippen LogP) is 1.95. The van der Waals surface area contributed by atoms with Crippen molar-refractivity contribution in [2.45, 2.75) is 25.9 Å². The van der Waals surface area contributed by atoms with Gasteiger partial charge in [0.1, 0.15) is 6.61 Å². The fourth-order valence-corrected chi connectivity index (χ4v) is 1.11. The number of alkyl halides is 3. The molecule has 1 saturated carbocycles. The van der Waals surface area contributed by atoms with Gasteiger partial charge in [-0.2, -0.15) is 13.2 Å². The van der Waals surface area contributed by atoms with Crippen molar-refractivity contribution in [2.75, 3.05) is 26.3 Å². The third-order valence-corrected chi connectivity index (χ3v) is 2.34. The van der Waals surface area contributed by atoms with E-state index >= 15 is 0 Å². The molecule has 0 bridgehead atoms. The highest BCUT2D eigenvalue weighted by Gasteiger charge is 2.36. The van der Waals surface area contributed by atoms with Crippen molar-refractivity contribution >= 4 is 0 Å². The van der Waals surface area contributed by atoms with Gasteiger partial charge in [0.05, 0.1) is 6.61 Å². The van der Waals surface area contributed by atoms with Gasteiger partial charge in [-0.05, 0) is 18.3 Å². The van der Waals surface area contributed by atoms with Crippen molar-refractivity contribution in [1.29, 1.82) is 0 Å². The third kappa shape index (κ3) is 5.44. The minimum absolute atomic E-state index is 0.121. The first kappa shape index (κ1) is 11.8. The summed E-state index contributed by atoms with van der Waals surface area (Å²) >= 11 is 0. The van der Waals surface area contributed by atoms with E-state index in [4.69, 9.17) is 0 Å². The summed E-state index contributed by atoms with van der Waals surface area (Å²) in [7, 11) is 0. The van der Waals surface area contributed by atoms with Crippen LogP contribution < -0.4 is 5.32 Å². The molecule has 0 unspecified atom stereocenters. The standard InChI is InChI=1S/C9H16F3NO/c1-8(2-3-8)6-13-4-5-14-7-9(10,11)12/h13H,2-7H2,1H3. The van der Waals surface area contributed by atoms with Gasteiger partial charge in [0.15, 0.2) is 0 Å². The SMILES string of the molecule is CC1(CNCCOCC(F)(F)F)CC1. The summed E-state index contributed by atoms with van der Waals surface area (Å²) in [5.74, 6) is 0. The lowest BCUT2D eigenvalue weighted by Gasteiger charge is -2.11. The van der Waals surface area contributed by atoms with Crippen LogP contribution in [0.3, 0.4) is 0 Å². The van der Waals surface area contributed by atoms with Gasteiger partial charge in [0.25, 0.3) is 0 Å². The van der Waals surface area contributed by atoms with Crippen molar-refractivity contribution < 1.29 is 17.9 Å². The molecule has 5 heteroatoms. The van der Waals surface area contributed by atoms with Crippen molar-refractivity contribution in [3.8, 4) is 0 Å². The highest BCUT2D eigenvalue weighted by Crippen LogP contribution is 2.43. The molecule has 0 atom stereocenters. The Balaban J connectivity index is 1.85. The van der Waals surface area contributed by atoms with Gasteiger partial charge in [-0.25, -0.2) is 0 Å². The molecule has 0 amide bonds. The molecule has 0 aromatic heterocycles.